The van der Waals surface area contributed by atoms with E-state index in [0.29, 0.717) is 35.6 Å². The van der Waals surface area contributed by atoms with Gasteiger partial charge in [-0.2, -0.15) is 0 Å². The van der Waals surface area contributed by atoms with Gasteiger partial charge in [-0.25, -0.2) is 9.18 Å². The molecule has 3 rings (SSSR count). The van der Waals surface area contributed by atoms with Crippen LogP contribution in [0.3, 0.4) is 0 Å². The summed E-state index contributed by atoms with van der Waals surface area (Å²) in [4.78, 5) is 24.6. The predicted octanol–water partition coefficient (Wildman–Crippen LogP) is 2.08. The van der Waals surface area contributed by atoms with Crippen LogP contribution in [0.25, 0.3) is 0 Å². The Balaban J connectivity index is 1.67. The van der Waals surface area contributed by atoms with Crippen molar-refractivity contribution in [3.8, 4) is 0 Å². The number of carbonyl (C=O) groups is 2. The van der Waals surface area contributed by atoms with Crippen molar-refractivity contribution in [3.63, 3.8) is 0 Å². The van der Waals surface area contributed by atoms with E-state index in [2.05, 4.69) is 11.9 Å². The van der Waals surface area contributed by atoms with E-state index in [0.717, 1.165) is 6.08 Å². The van der Waals surface area contributed by atoms with Crippen LogP contribution in [0.4, 0.5) is 14.9 Å². The van der Waals surface area contributed by atoms with E-state index in [9.17, 15) is 18.2 Å². The number of nitrogens with zero attached hydrogens (tertiary/aromatic N) is 1. The van der Waals surface area contributed by atoms with E-state index in [1.165, 1.54) is 11.0 Å². The van der Waals surface area contributed by atoms with Crippen molar-refractivity contribution in [2.45, 2.75) is 24.9 Å². The molecule has 0 aromatic heterocycles. The second-order valence-corrected chi connectivity index (χ2v) is 8.09. The third-order valence-electron chi connectivity index (χ3n) is 4.69. The van der Waals surface area contributed by atoms with Gasteiger partial charge in [0.05, 0.1) is 18.8 Å². The van der Waals surface area contributed by atoms with E-state index in [-0.39, 0.29) is 30.7 Å². The molecule has 8 heteroatoms. The first-order valence-corrected chi connectivity index (χ1v) is 9.99. The molecule has 0 unspecified atom stereocenters. The number of anilines is 1. The van der Waals surface area contributed by atoms with Crippen LogP contribution in [0.2, 0.25) is 0 Å². The molecule has 1 aromatic rings. The van der Waals surface area contributed by atoms with Crippen LogP contribution in [0.1, 0.15) is 24.3 Å². The summed E-state index contributed by atoms with van der Waals surface area (Å²) < 4.78 is 31.3. The summed E-state index contributed by atoms with van der Waals surface area (Å²) in [6, 6.07) is 4.74. The number of halogens is 1. The lowest BCUT2D eigenvalue weighted by atomic mass is 9.93. The minimum atomic E-state index is -0.791. The van der Waals surface area contributed by atoms with Gasteiger partial charge < -0.3 is 10.1 Å². The fraction of sp³-hybridized carbons (Fsp3) is 0.444. The van der Waals surface area contributed by atoms with Crippen molar-refractivity contribution >= 4 is 28.5 Å². The Hall–Kier alpha value is -2.22. The molecule has 0 aliphatic carbocycles. The molecule has 2 amide bonds. The SMILES string of the molecule is C=CC(=O)NC[C@H]1CN(c2ccc(C3CCS(=O)CC3)c(F)c2)C(=O)O1. The smallest absolute Gasteiger partial charge is 0.414 e. The number of amides is 2. The largest absolute Gasteiger partial charge is 0.442 e. The second-order valence-electron chi connectivity index (χ2n) is 6.39. The van der Waals surface area contributed by atoms with Gasteiger partial charge in [0.2, 0.25) is 5.91 Å². The number of hydrogen-bond donors (Lipinski definition) is 1. The molecule has 140 valence electrons. The first-order valence-electron chi connectivity index (χ1n) is 8.50. The molecule has 1 N–H and O–H groups in total. The Morgan fingerprint density at radius 2 is 2.15 bits per heavy atom. The minimum Gasteiger partial charge on any atom is -0.442 e. The van der Waals surface area contributed by atoms with Crippen molar-refractivity contribution in [2.24, 2.45) is 0 Å². The molecule has 2 heterocycles. The highest BCUT2D eigenvalue weighted by atomic mass is 32.2. The van der Waals surface area contributed by atoms with E-state index in [4.69, 9.17) is 4.74 Å². The molecule has 0 spiro atoms. The maximum absolute atomic E-state index is 14.6. The lowest BCUT2D eigenvalue weighted by Gasteiger charge is -2.23. The number of cyclic esters (lactones) is 1. The number of hydrogen-bond acceptors (Lipinski definition) is 4. The summed E-state index contributed by atoms with van der Waals surface area (Å²) in [6.07, 6.45) is 1.49. The Kier molecular flexibility index (Phi) is 5.70. The third kappa shape index (κ3) is 4.12. The molecule has 2 aliphatic heterocycles. The Labute approximate surface area is 153 Å². The van der Waals surface area contributed by atoms with Crippen molar-refractivity contribution < 1.29 is 22.9 Å². The van der Waals surface area contributed by atoms with Gasteiger partial charge in [0.15, 0.2) is 0 Å². The molecule has 0 radical (unpaired) electrons. The highest BCUT2D eigenvalue weighted by molar-refractivity contribution is 7.85. The van der Waals surface area contributed by atoms with E-state index in [1.54, 1.807) is 12.1 Å². The van der Waals surface area contributed by atoms with Crippen LogP contribution in [-0.4, -0.2) is 46.9 Å². The van der Waals surface area contributed by atoms with E-state index in [1.807, 2.05) is 0 Å². The van der Waals surface area contributed by atoms with Crippen LogP contribution >= 0.6 is 0 Å². The average molecular weight is 380 g/mol. The molecule has 0 bridgehead atoms. The number of benzene rings is 1. The molecule has 2 fully saturated rings. The number of nitrogens with one attached hydrogen (secondary N) is 1. The van der Waals surface area contributed by atoms with Crippen LogP contribution in [0.5, 0.6) is 0 Å². The van der Waals surface area contributed by atoms with Crippen LogP contribution in [-0.2, 0) is 20.3 Å². The zero-order valence-corrected chi connectivity index (χ0v) is 15.1. The maximum atomic E-state index is 14.6. The van der Waals surface area contributed by atoms with Gasteiger partial charge in [-0.3, -0.25) is 13.9 Å². The summed E-state index contributed by atoms with van der Waals surface area (Å²) in [5, 5.41) is 2.57. The molecule has 2 saturated heterocycles. The highest BCUT2D eigenvalue weighted by Gasteiger charge is 2.33. The van der Waals surface area contributed by atoms with Gasteiger partial charge >= 0.3 is 6.09 Å². The van der Waals surface area contributed by atoms with E-state index >= 15 is 0 Å². The zero-order chi connectivity index (χ0) is 18.7. The van der Waals surface area contributed by atoms with Gasteiger partial charge in [0.25, 0.3) is 0 Å². The molecule has 1 atom stereocenters. The lowest BCUT2D eigenvalue weighted by Crippen LogP contribution is -2.33. The maximum Gasteiger partial charge on any atom is 0.414 e. The molecule has 0 saturated carbocycles. The average Bonchev–Trinajstić information content (AvgIpc) is 3.01. The summed E-state index contributed by atoms with van der Waals surface area (Å²) in [7, 11) is -0.791. The Bertz CT molecular complexity index is 745. The number of carbonyl (C=O) groups excluding carboxylic acids is 2. The summed E-state index contributed by atoms with van der Waals surface area (Å²) in [6.45, 7) is 3.76. The first-order chi connectivity index (χ1) is 12.5. The van der Waals surface area contributed by atoms with Crippen molar-refractivity contribution in [2.75, 3.05) is 29.5 Å². The Morgan fingerprint density at radius 3 is 2.81 bits per heavy atom. The van der Waals surface area contributed by atoms with Crippen LogP contribution in [0, 0.1) is 5.82 Å². The topological polar surface area (TPSA) is 75.7 Å². The fourth-order valence-corrected chi connectivity index (χ4v) is 4.54. The summed E-state index contributed by atoms with van der Waals surface area (Å²) >= 11 is 0. The third-order valence-corrected chi connectivity index (χ3v) is 6.07. The summed E-state index contributed by atoms with van der Waals surface area (Å²) in [5.41, 5.74) is 1.03. The van der Waals surface area contributed by atoms with Crippen molar-refractivity contribution in [1.82, 2.24) is 5.32 Å². The molecule has 26 heavy (non-hydrogen) atoms. The van der Waals surface area contributed by atoms with Gasteiger partial charge in [0.1, 0.15) is 11.9 Å². The molecule has 1 aromatic carbocycles. The van der Waals surface area contributed by atoms with Gasteiger partial charge in [-0.1, -0.05) is 12.6 Å². The lowest BCUT2D eigenvalue weighted by molar-refractivity contribution is -0.116. The normalized spacial score (nSPS) is 25.7. The quantitative estimate of drug-likeness (QED) is 0.794. The van der Waals surface area contributed by atoms with Crippen LogP contribution < -0.4 is 10.2 Å². The highest BCUT2D eigenvalue weighted by Crippen LogP contribution is 2.32. The standard InChI is InChI=1S/C18H21FN2O4S/c1-2-17(22)20-10-14-11-21(18(23)25-14)13-3-4-15(16(19)9-13)12-5-7-26(24)8-6-12/h2-4,9,12,14H,1,5-8,10-11H2,(H,20,22)/t12?,14-,26?/m0/s1. The van der Waals surface area contributed by atoms with Gasteiger partial charge in [-0.15, -0.1) is 0 Å². The summed E-state index contributed by atoms with van der Waals surface area (Å²) in [5.74, 6) is 0.555. The first kappa shape index (κ1) is 18.6. The molecule has 6 nitrogen and oxygen atoms in total. The van der Waals surface area contributed by atoms with Gasteiger partial charge in [-0.05, 0) is 42.5 Å². The molecule has 2 aliphatic rings. The predicted molar refractivity (Wildman–Crippen MR) is 97.1 cm³/mol. The molecular weight excluding hydrogens is 359 g/mol. The van der Waals surface area contributed by atoms with Crippen LogP contribution in [0.15, 0.2) is 30.9 Å². The number of ether oxygens (including phenoxy) is 1. The monoisotopic (exact) mass is 380 g/mol. The van der Waals surface area contributed by atoms with Crippen molar-refractivity contribution in [1.29, 1.82) is 0 Å². The fourth-order valence-electron chi connectivity index (χ4n) is 3.25. The second kappa shape index (κ2) is 7.99. The Morgan fingerprint density at radius 1 is 1.42 bits per heavy atom. The van der Waals surface area contributed by atoms with Gasteiger partial charge in [0, 0.05) is 22.3 Å². The number of rotatable bonds is 5. The zero-order valence-electron chi connectivity index (χ0n) is 14.3. The van der Waals surface area contributed by atoms with E-state index < -0.39 is 23.0 Å². The molecular formula is C18H21FN2O4S. The minimum absolute atomic E-state index is 0.0640. The van der Waals surface area contributed by atoms with Crippen molar-refractivity contribution in [3.05, 3.63) is 42.2 Å².